The number of esters is 2. The summed E-state index contributed by atoms with van der Waals surface area (Å²) in [6.45, 7) is -0.0527. The Morgan fingerprint density at radius 3 is 2.40 bits per heavy atom. The molecule has 0 spiro atoms. The van der Waals surface area contributed by atoms with Crippen LogP contribution in [-0.2, 0) is 30.3 Å². The van der Waals surface area contributed by atoms with Gasteiger partial charge in [-0.25, -0.2) is 4.79 Å². The van der Waals surface area contributed by atoms with E-state index in [1.54, 1.807) is 0 Å². The predicted octanol–water partition coefficient (Wildman–Crippen LogP) is 3.89. The van der Waals surface area contributed by atoms with E-state index in [4.69, 9.17) is 4.74 Å². The zero-order chi connectivity index (χ0) is 26.4. The minimum Gasteiger partial charge on any atom is -0.475 e. The number of aryl methyl sites for hydroxylation is 1. The van der Waals surface area contributed by atoms with E-state index in [1.165, 1.54) is 6.92 Å². The molecule has 1 aromatic rings. The highest BCUT2D eigenvalue weighted by molar-refractivity contribution is 5.96. The Balaban J connectivity index is 2.18. The standard InChI is InChI=1S/C19H17F6NO9/c1-2-10-6-12(35-19(23,24)25)7-11-8-13(16(18(20,21)22)34-15(10)11)17(28)32-9-31-14(27)4-3-5-33-26(29)30/h6-8,16H,2-5,9H2,1H3/t16-/m0/s1. The molecule has 0 radical (unpaired) electrons. The fourth-order valence-electron chi connectivity index (χ4n) is 2.88. The smallest absolute Gasteiger partial charge is 0.475 e. The minimum atomic E-state index is -5.11. The van der Waals surface area contributed by atoms with Crippen molar-refractivity contribution in [3.8, 4) is 11.5 Å². The average Bonchev–Trinajstić information content (AvgIpc) is 2.73. The average molecular weight is 517 g/mol. The van der Waals surface area contributed by atoms with Gasteiger partial charge in [0.25, 0.3) is 5.09 Å². The minimum absolute atomic E-state index is 0.0156. The Bertz CT molecular complexity index is 990. The number of hydrogen-bond acceptors (Lipinski definition) is 9. The first-order chi connectivity index (χ1) is 16.2. The maximum absolute atomic E-state index is 13.6. The SMILES string of the molecule is CCc1cc(OC(F)(F)F)cc2c1O[C@H](C(F)(F)F)C(C(=O)OCOC(=O)CCCO[N+](=O)[O-])=C2. The van der Waals surface area contributed by atoms with Crippen LogP contribution < -0.4 is 9.47 Å². The Morgan fingerprint density at radius 1 is 1.14 bits per heavy atom. The van der Waals surface area contributed by atoms with Gasteiger partial charge < -0.3 is 23.8 Å². The molecule has 0 aromatic heterocycles. The zero-order valence-electron chi connectivity index (χ0n) is 17.7. The quantitative estimate of drug-likeness (QED) is 0.114. The number of halogens is 6. The second kappa shape index (κ2) is 11.1. The number of rotatable bonds is 10. The molecule has 1 atom stereocenters. The molecule has 0 saturated heterocycles. The molecule has 35 heavy (non-hydrogen) atoms. The molecule has 16 heteroatoms. The lowest BCUT2D eigenvalue weighted by Crippen LogP contribution is -2.41. The Labute approximate surface area is 192 Å². The topological polar surface area (TPSA) is 123 Å². The molecular formula is C19H17F6NO9. The normalized spacial score (nSPS) is 15.3. The molecule has 1 aliphatic heterocycles. The molecule has 0 fully saturated rings. The second-order valence-electron chi connectivity index (χ2n) is 6.77. The van der Waals surface area contributed by atoms with E-state index in [2.05, 4.69) is 19.0 Å². The van der Waals surface area contributed by atoms with Gasteiger partial charge in [-0.15, -0.1) is 23.3 Å². The monoisotopic (exact) mass is 517 g/mol. The van der Waals surface area contributed by atoms with Crippen molar-refractivity contribution in [1.82, 2.24) is 0 Å². The van der Waals surface area contributed by atoms with Crippen molar-refractivity contribution in [3.63, 3.8) is 0 Å². The Kier molecular flexibility index (Phi) is 8.76. The zero-order valence-corrected chi connectivity index (χ0v) is 17.7. The van der Waals surface area contributed by atoms with Crippen molar-refractivity contribution in [2.45, 2.75) is 44.8 Å². The summed E-state index contributed by atoms with van der Waals surface area (Å²) in [7, 11) is 0. The van der Waals surface area contributed by atoms with E-state index < -0.39 is 60.4 Å². The highest BCUT2D eigenvalue weighted by Crippen LogP contribution is 2.42. The van der Waals surface area contributed by atoms with Crippen LogP contribution in [0.4, 0.5) is 26.3 Å². The van der Waals surface area contributed by atoms with Gasteiger partial charge in [-0.1, -0.05) is 6.92 Å². The number of benzene rings is 1. The van der Waals surface area contributed by atoms with Crippen LogP contribution in [0.15, 0.2) is 17.7 Å². The van der Waals surface area contributed by atoms with Gasteiger partial charge in [0.2, 0.25) is 12.9 Å². The fourth-order valence-corrected chi connectivity index (χ4v) is 2.88. The lowest BCUT2D eigenvalue weighted by atomic mass is 9.97. The van der Waals surface area contributed by atoms with Gasteiger partial charge in [0.1, 0.15) is 11.5 Å². The molecule has 2 rings (SSSR count). The summed E-state index contributed by atoms with van der Waals surface area (Å²) in [5, 5.41) is 8.91. The molecule has 1 heterocycles. The van der Waals surface area contributed by atoms with Gasteiger partial charge in [-0.05, 0) is 36.6 Å². The van der Waals surface area contributed by atoms with Crippen LogP contribution in [0.5, 0.6) is 11.5 Å². The van der Waals surface area contributed by atoms with Crippen molar-refractivity contribution >= 4 is 18.0 Å². The maximum atomic E-state index is 13.6. The lowest BCUT2D eigenvalue weighted by molar-refractivity contribution is -0.757. The summed E-state index contributed by atoms with van der Waals surface area (Å²) >= 11 is 0. The molecule has 0 N–H and O–H groups in total. The van der Waals surface area contributed by atoms with Crippen molar-refractivity contribution < 1.29 is 64.8 Å². The van der Waals surface area contributed by atoms with E-state index in [1.807, 2.05) is 0 Å². The summed E-state index contributed by atoms with van der Waals surface area (Å²) in [5.74, 6) is -3.72. The maximum Gasteiger partial charge on any atom is 0.573 e. The molecule has 1 aromatic carbocycles. The largest absolute Gasteiger partial charge is 0.573 e. The molecule has 194 valence electrons. The number of carbonyl (C=O) groups excluding carboxylic acids is 2. The first-order valence-corrected chi connectivity index (χ1v) is 9.69. The highest BCUT2D eigenvalue weighted by atomic mass is 19.4. The van der Waals surface area contributed by atoms with Crippen LogP contribution in [0.1, 0.15) is 30.9 Å². The molecule has 0 aliphatic carbocycles. The van der Waals surface area contributed by atoms with E-state index in [-0.39, 0.29) is 36.1 Å². The van der Waals surface area contributed by atoms with Crippen LogP contribution in [0.2, 0.25) is 0 Å². The first-order valence-electron chi connectivity index (χ1n) is 9.69. The summed E-state index contributed by atoms with van der Waals surface area (Å²) in [6.07, 6.45) is -12.9. The first kappa shape index (κ1) is 27.5. The molecule has 0 amide bonds. The van der Waals surface area contributed by atoms with Gasteiger partial charge in [0.05, 0.1) is 12.2 Å². The fraction of sp³-hybridized carbons (Fsp3) is 0.474. The molecule has 0 bridgehead atoms. The van der Waals surface area contributed by atoms with Crippen molar-refractivity contribution in [2.24, 2.45) is 0 Å². The number of hydrogen-bond donors (Lipinski definition) is 0. The number of ether oxygens (including phenoxy) is 4. The summed E-state index contributed by atoms with van der Waals surface area (Å²) in [5.41, 5.74) is -1.43. The van der Waals surface area contributed by atoms with Gasteiger partial charge in [-0.3, -0.25) is 4.79 Å². The summed E-state index contributed by atoms with van der Waals surface area (Å²) in [6, 6.07) is 1.61. The predicted molar refractivity (Wildman–Crippen MR) is 100 cm³/mol. The van der Waals surface area contributed by atoms with E-state index in [9.17, 15) is 46.0 Å². The third kappa shape index (κ3) is 8.22. The Hall–Kier alpha value is -3.72. The van der Waals surface area contributed by atoms with Crippen LogP contribution in [0.25, 0.3) is 6.08 Å². The second-order valence-corrected chi connectivity index (χ2v) is 6.77. The lowest BCUT2D eigenvalue weighted by Gasteiger charge is -2.29. The van der Waals surface area contributed by atoms with Crippen molar-refractivity contribution in [1.29, 1.82) is 0 Å². The van der Waals surface area contributed by atoms with Crippen LogP contribution in [0, 0.1) is 10.1 Å². The third-order valence-electron chi connectivity index (χ3n) is 4.28. The highest BCUT2D eigenvalue weighted by Gasteiger charge is 2.49. The molecule has 0 unspecified atom stereocenters. The van der Waals surface area contributed by atoms with Gasteiger partial charge in [0, 0.05) is 12.0 Å². The van der Waals surface area contributed by atoms with E-state index in [0.717, 1.165) is 12.1 Å². The van der Waals surface area contributed by atoms with Crippen LogP contribution in [-0.4, -0.2) is 49.1 Å². The van der Waals surface area contributed by atoms with Crippen LogP contribution in [0.3, 0.4) is 0 Å². The van der Waals surface area contributed by atoms with Crippen molar-refractivity contribution in [2.75, 3.05) is 13.4 Å². The number of alkyl halides is 6. The van der Waals surface area contributed by atoms with Crippen LogP contribution >= 0.6 is 0 Å². The number of nitrogens with zero attached hydrogens (tertiary/aromatic N) is 1. The summed E-state index contributed by atoms with van der Waals surface area (Å²) < 4.78 is 96.3. The Morgan fingerprint density at radius 2 is 1.83 bits per heavy atom. The number of carbonyl (C=O) groups is 2. The van der Waals surface area contributed by atoms with Gasteiger partial charge in [-0.2, -0.15) is 13.2 Å². The van der Waals surface area contributed by atoms with Gasteiger partial charge >= 0.3 is 24.5 Å². The molecule has 1 aliphatic rings. The molecule has 0 saturated carbocycles. The molecular weight excluding hydrogens is 500 g/mol. The number of fused-ring (bicyclic) bond motifs is 1. The third-order valence-corrected chi connectivity index (χ3v) is 4.28. The van der Waals surface area contributed by atoms with Crippen molar-refractivity contribution in [3.05, 3.63) is 38.9 Å². The van der Waals surface area contributed by atoms with E-state index >= 15 is 0 Å². The summed E-state index contributed by atoms with van der Waals surface area (Å²) in [4.78, 5) is 37.7. The van der Waals surface area contributed by atoms with Gasteiger partial charge in [0.15, 0.2) is 0 Å². The van der Waals surface area contributed by atoms with E-state index in [0.29, 0.717) is 6.08 Å². The molecule has 10 nitrogen and oxygen atoms in total.